The van der Waals surface area contributed by atoms with Crippen LogP contribution in [0.1, 0.15) is 13.8 Å². The molecule has 0 radical (unpaired) electrons. The average Bonchev–Trinajstić information content (AvgIpc) is 2.54. The van der Waals surface area contributed by atoms with Crippen LogP contribution in [0.3, 0.4) is 0 Å². The highest BCUT2D eigenvalue weighted by Crippen LogP contribution is 2.19. The summed E-state index contributed by atoms with van der Waals surface area (Å²) in [6.45, 7) is 1.40. The molecule has 2 aromatic rings. The predicted molar refractivity (Wildman–Crippen MR) is 89.3 cm³/mol. The molecule has 0 fully saturated rings. The van der Waals surface area contributed by atoms with Crippen LogP contribution in [0.5, 0.6) is 0 Å². The summed E-state index contributed by atoms with van der Waals surface area (Å²) in [6, 6.07) is 2.84. The van der Waals surface area contributed by atoms with E-state index in [1.54, 1.807) is 0 Å². The Morgan fingerprint density at radius 1 is 1.35 bits per heavy atom. The van der Waals surface area contributed by atoms with E-state index in [0.29, 0.717) is 5.56 Å². The Morgan fingerprint density at radius 3 is 2.65 bits per heavy atom. The zero-order valence-corrected chi connectivity index (χ0v) is 13.9. The molecule has 2 heterocycles. The van der Waals surface area contributed by atoms with Gasteiger partial charge in [0.1, 0.15) is 17.9 Å². The minimum absolute atomic E-state index is 0.0173. The smallest absolute Gasteiger partial charge is 0.394 e. The van der Waals surface area contributed by atoms with E-state index in [0.717, 1.165) is 0 Å². The van der Waals surface area contributed by atoms with E-state index in [-0.39, 0.29) is 17.3 Å². The number of anilines is 2. The third kappa shape index (κ3) is 4.94. The molecule has 0 spiro atoms. The van der Waals surface area contributed by atoms with Gasteiger partial charge in [0.2, 0.25) is 5.91 Å². The van der Waals surface area contributed by atoms with Crippen molar-refractivity contribution in [2.75, 3.05) is 17.6 Å². The maximum absolute atomic E-state index is 12.2. The van der Waals surface area contributed by atoms with E-state index in [4.69, 9.17) is 5.73 Å². The van der Waals surface area contributed by atoms with E-state index in [1.165, 1.54) is 38.4 Å². The molecular formula is C15H17F3N6O2. The summed E-state index contributed by atoms with van der Waals surface area (Å²) in [4.78, 5) is 34.0. The Labute approximate surface area is 146 Å². The predicted octanol–water partition coefficient (Wildman–Crippen LogP) is 1.28. The van der Waals surface area contributed by atoms with Gasteiger partial charge in [-0.05, 0) is 26.0 Å². The molecule has 2 aromatic heterocycles. The topological polar surface area (TPSA) is 126 Å². The lowest BCUT2D eigenvalue weighted by molar-refractivity contribution is -0.140. The lowest BCUT2D eigenvalue weighted by atomic mass is 10.0. The van der Waals surface area contributed by atoms with Gasteiger partial charge in [0.05, 0.1) is 5.69 Å². The number of nitrogens with one attached hydrogen (secondary N) is 3. The monoisotopic (exact) mass is 370 g/mol. The lowest BCUT2D eigenvalue weighted by Crippen LogP contribution is -2.50. The van der Waals surface area contributed by atoms with Crippen molar-refractivity contribution in [3.63, 3.8) is 0 Å². The Kier molecular flexibility index (Phi) is 5.19. The molecule has 0 aromatic carbocycles. The van der Waals surface area contributed by atoms with Crippen LogP contribution in [0.15, 0.2) is 29.3 Å². The molecule has 2 rings (SSSR count). The van der Waals surface area contributed by atoms with Gasteiger partial charge in [0, 0.05) is 18.0 Å². The standard InChI is InChI=1S/C15H17F3N6O2/c1-14(2,13(26)22-7-15(16,17)18)24-10-3-4-20-11(23-10)8-5-9(19)12(25)21-6-8/h3-6H,7,19H2,1-2H3,(H,21,25)(H,22,26)(H,20,23,24). The summed E-state index contributed by atoms with van der Waals surface area (Å²) in [5.74, 6) is -0.417. The van der Waals surface area contributed by atoms with E-state index in [9.17, 15) is 22.8 Å². The van der Waals surface area contributed by atoms with Gasteiger partial charge in [0.25, 0.3) is 5.56 Å². The number of pyridine rings is 1. The largest absolute Gasteiger partial charge is 0.405 e. The number of H-pyrrole nitrogens is 1. The number of carbonyl (C=O) groups is 1. The molecule has 0 aliphatic heterocycles. The van der Waals surface area contributed by atoms with E-state index in [1.807, 2.05) is 5.32 Å². The fraction of sp³-hybridized carbons (Fsp3) is 0.333. The molecule has 0 saturated heterocycles. The summed E-state index contributed by atoms with van der Waals surface area (Å²) >= 11 is 0. The maximum atomic E-state index is 12.2. The van der Waals surface area contributed by atoms with Gasteiger partial charge in [-0.15, -0.1) is 0 Å². The summed E-state index contributed by atoms with van der Waals surface area (Å²) < 4.78 is 36.7. The summed E-state index contributed by atoms with van der Waals surface area (Å²) in [7, 11) is 0. The number of aromatic nitrogens is 3. The zero-order valence-electron chi connectivity index (χ0n) is 13.9. The van der Waals surface area contributed by atoms with Crippen molar-refractivity contribution >= 4 is 17.4 Å². The van der Waals surface area contributed by atoms with Crippen LogP contribution >= 0.6 is 0 Å². The Balaban J connectivity index is 2.17. The Bertz CT molecular complexity index is 863. The first-order chi connectivity index (χ1) is 12.0. The van der Waals surface area contributed by atoms with Gasteiger partial charge in [-0.1, -0.05) is 0 Å². The number of rotatable bonds is 5. The molecule has 8 nitrogen and oxygen atoms in total. The molecule has 0 aliphatic carbocycles. The van der Waals surface area contributed by atoms with Crippen molar-refractivity contribution in [1.82, 2.24) is 20.3 Å². The van der Waals surface area contributed by atoms with Crippen LogP contribution in [-0.4, -0.2) is 39.1 Å². The van der Waals surface area contributed by atoms with Crippen LogP contribution in [0.4, 0.5) is 24.7 Å². The molecule has 0 aliphatic rings. The number of carbonyl (C=O) groups excluding carboxylic acids is 1. The highest BCUT2D eigenvalue weighted by molar-refractivity contribution is 5.88. The highest BCUT2D eigenvalue weighted by atomic mass is 19.4. The van der Waals surface area contributed by atoms with Crippen molar-refractivity contribution in [1.29, 1.82) is 0 Å². The van der Waals surface area contributed by atoms with Crippen molar-refractivity contribution in [3.05, 3.63) is 34.9 Å². The highest BCUT2D eigenvalue weighted by Gasteiger charge is 2.33. The van der Waals surface area contributed by atoms with Crippen molar-refractivity contribution in [3.8, 4) is 11.4 Å². The average molecular weight is 370 g/mol. The molecule has 1 amide bonds. The number of amides is 1. The first-order valence-corrected chi connectivity index (χ1v) is 7.43. The second kappa shape index (κ2) is 7.02. The van der Waals surface area contributed by atoms with Crippen LogP contribution in [0, 0.1) is 0 Å². The minimum atomic E-state index is -4.50. The number of halogens is 3. The van der Waals surface area contributed by atoms with Crippen LogP contribution in [0.2, 0.25) is 0 Å². The third-order valence-electron chi connectivity index (χ3n) is 3.30. The summed E-state index contributed by atoms with van der Waals surface area (Å²) in [6.07, 6.45) is -1.73. The fourth-order valence-electron chi connectivity index (χ4n) is 1.98. The number of nitrogen functional groups attached to an aromatic ring is 1. The van der Waals surface area contributed by atoms with E-state index in [2.05, 4.69) is 20.3 Å². The number of hydrogen-bond donors (Lipinski definition) is 4. The van der Waals surface area contributed by atoms with Gasteiger partial charge in [0.15, 0.2) is 5.82 Å². The SMILES string of the molecule is CC(C)(Nc1ccnc(-c2c[nH]c(=O)c(N)c2)n1)C(=O)NCC(F)(F)F. The van der Waals surface area contributed by atoms with Gasteiger partial charge < -0.3 is 21.4 Å². The number of nitrogens with zero attached hydrogens (tertiary/aromatic N) is 2. The second-order valence-corrected chi connectivity index (χ2v) is 5.99. The Morgan fingerprint density at radius 2 is 2.04 bits per heavy atom. The number of hydrogen-bond acceptors (Lipinski definition) is 6. The summed E-state index contributed by atoms with van der Waals surface area (Å²) in [5, 5.41) is 4.57. The fourth-order valence-corrected chi connectivity index (χ4v) is 1.98. The van der Waals surface area contributed by atoms with Crippen molar-refractivity contribution < 1.29 is 18.0 Å². The molecule has 11 heteroatoms. The van der Waals surface area contributed by atoms with Crippen molar-refractivity contribution in [2.24, 2.45) is 0 Å². The van der Waals surface area contributed by atoms with Gasteiger partial charge in [-0.3, -0.25) is 9.59 Å². The molecule has 26 heavy (non-hydrogen) atoms. The number of aromatic amines is 1. The molecule has 140 valence electrons. The van der Waals surface area contributed by atoms with Crippen LogP contribution in [0.25, 0.3) is 11.4 Å². The number of alkyl halides is 3. The number of nitrogens with two attached hydrogens (primary N) is 1. The molecule has 5 N–H and O–H groups in total. The zero-order chi connectivity index (χ0) is 19.5. The van der Waals surface area contributed by atoms with E-state index < -0.39 is 29.7 Å². The third-order valence-corrected chi connectivity index (χ3v) is 3.30. The first-order valence-electron chi connectivity index (χ1n) is 7.43. The quantitative estimate of drug-likeness (QED) is 0.628. The normalized spacial score (nSPS) is 11.9. The lowest BCUT2D eigenvalue weighted by Gasteiger charge is -2.26. The van der Waals surface area contributed by atoms with Gasteiger partial charge in [-0.2, -0.15) is 13.2 Å². The second-order valence-electron chi connectivity index (χ2n) is 5.99. The first kappa shape index (κ1) is 19.2. The minimum Gasteiger partial charge on any atom is -0.394 e. The molecule has 0 bridgehead atoms. The maximum Gasteiger partial charge on any atom is 0.405 e. The summed E-state index contributed by atoms with van der Waals surface area (Å²) in [5.41, 5.74) is 4.15. The van der Waals surface area contributed by atoms with Crippen molar-refractivity contribution in [2.45, 2.75) is 25.6 Å². The Hall–Kier alpha value is -3.11. The molecular weight excluding hydrogens is 353 g/mol. The van der Waals surface area contributed by atoms with Crippen LogP contribution in [-0.2, 0) is 4.79 Å². The van der Waals surface area contributed by atoms with Gasteiger partial charge >= 0.3 is 6.18 Å². The van der Waals surface area contributed by atoms with Gasteiger partial charge in [-0.25, -0.2) is 9.97 Å². The van der Waals surface area contributed by atoms with Crippen LogP contribution < -0.4 is 21.9 Å². The molecule has 0 saturated carbocycles. The van der Waals surface area contributed by atoms with E-state index >= 15 is 0 Å². The molecule has 0 atom stereocenters. The molecule has 0 unspecified atom stereocenters.